The molecule has 0 aliphatic rings. The van der Waals surface area contributed by atoms with Crippen molar-refractivity contribution in [1.82, 2.24) is 0 Å². The Morgan fingerprint density at radius 3 is 3.00 bits per heavy atom. The summed E-state index contributed by atoms with van der Waals surface area (Å²) in [5, 5.41) is 2.62. The summed E-state index contributed by atoms with van der Waals surface area (Å²) in [4.78, 5) is 0. The van der Waals surface area contributed by atoms with Crippen molar-refractivity contribution in [3.8, 4) is 0 Å². The summed E-state index contributed by atoms with van der Waals surface area (Å²) < 4.78 is 5.31. The molecular weight excluding hydrogens is 239 g/mol. The van der Waals surface area contributed by atoms with Crippen LogP contribution in [0.5, 0.6) is 0 Å². The largest absolute Gasteiger partial charge is 0.464 e. The Labute approximate surface area is 83.4 Å². The second kappa shape index (κ2) is 3.11. The number of hydrogen-bond donors (Lipinski definition) is 0. The van der Waals surface area contributed by atoms with E-state index in [1.807, 2.05) is 18.2 Å². The third-order valence-corrected chi connectivity index (χ3v) is 2.60. The molecule has 0 atom stereocenters. The molecule has 0 bridgehead atoms. The predicted molar refractivity (Wildman–Crippen MR) is 53.9 cm³/mol. The molecule has 1 aromatic heterocycles. The number of fused-ring (bicyclic) bond motifs is 1. The van der Waals surface area contributed by atoms with Gasteiger partial charge in [0.25, 0.3) is 0 Å². The highest BCUT2D eigenvalue weighted by molar-refractivity contribution is 9.08. The molecule has 0 saturated heterocycles. The van der Waals surface area contributed by atoms with Crippen molar-refractivity contribution >= 4 is 38.5 Å². The van der Waals surface area contributed by atoms with E-state index in [2.05, 4.69) is 15.9 Å². The fraction of sp³-hybridized carbons (Fsp3) is 0.111. The fourth-order valence-corrected chi connectivity index (χ4v) is 1.76. The molecule has 62 valence electrons. The van der Waals surface area contributed by atoms with E-state index in [1.165, 1.54) is 0 Å². The maximum Gasteiger partial charge on any atom is 0.134 e. The van der Waals surface area contributed by atoms with Crippen molar-refractivity contribution in [3.63, 3.8) is 0 Å². The second-order valence-corrected chi connectivity index (χ2v) is 3.53. The van der Waals surface area contributed by atoms with Gasteiger partial charge in [-0.25, -0.2) is 0 Å². The molecule has 2 aromatic rings. The molecule has 0 amide bonds. The van der Waals surface area contributed by atoms with Crippen LogP contribution in [0.1, 0.15) is 5.56 Å². The van der Waals surface area contributed by atoms with Gasteiger partial charge in [-0.05, 0) is 18.2 Å². The molecule has 0 aliphatic heterocycles. The van der Waals surface area contributed by atoms with E-state index in [-0.39, 0.29) is 0 Å². The van der Waals surface area contributed by atoms with Crippen LogP contribution in [0.3, 0.4) is 0 Å². The number of rotatable bonds is 1. The summed E-state index contributed by atoms with van der Waals surface area (Å²) in [6.07, 6.45) is 1.75. The van der Waals surface area contributed by atoms with Crippen LogP contribution in [0.25, 0.3) is 11.0 Å². The molecule has 1 nitrogen and oxygen atoms in total. The van der Waals surface area contributed by atoms with Crippen LogP contribution in [0.15, 0.2) is 28.9 Å². The van der Waals surface area contributed by atoms with Gasteiger partial charge in [-0.2, -0.15) is 0 Å². The monoisotopic (exact) mass is 244 g/mol. The topological polar surface area (TPSA) is 13.1 Å². The lowest BCUT2D eigenvalue weighted by atomic mass is 10.2. The standard InChI is InChI=1S/C9H6BrClO/c10-4-6-5-12-9-2-1-7(11)3-8(6)9/h1-3,5H,4H2. The average molecular weight is 246 g/mol. The van der Waals surface area contributed by atoms with E-state index >= 15 is 0 Å². The van der Waals surface area contributed by atoms with Gasteiger partial charge in [0.15, 0.2) is 0 Å². The minimum atomic E-state index is 0.742. The highest BCUT2D eigenvalue weighted by atomic mass is 79.9. The van der Waals surface area contributed by atoms with E-state index in [9.17, 15) is 0 Å². The first-order valence-electron chi connectivity index (χ1n) is 3.53. The van der Waals surface area contributed by atoms with Crippen molar-refractivity contribution < 1.29 is 4.42 Å². The SMILES string of the molecule is Clc1ccc2occ(CBr)c2c1. The first-order chi connectivity index (χ1) is 5.81. The number of hydrogen-bond acceptors (Lipinski definition) is 1. The lowest BCUT2D eigenvalue weighted by Crippen LogP contribution is -1.71. The molecule has 12 heavy (non-hydrogen) atoms. The van der Waals surface area contributed by atoms with Crippen molar-refractivity contribution in [3.05, 3.63) is 35.0 Å². The smallest absolute Gasteiger partial charge is 0.134 e. The highest BCUT2D eigenvalue weighted by Gasteiger charge is 2.03. The van der Waals surface area contributed by atoms with Crippen molar-refractivity contribution in [2.45, 2.75) is 5.33 Å². The molecule has 0 N–H and O–H groups in total. The van der Waals surface area contributed by atoms with Crippen molar-refractivity contribution in [2.75, 3.05) is 0 Å². The number of furan rings is 1. The maximum absolute atomic E-state index is 5.85. The summed E-state index contributed by atoms with van der Waals surface area (Å²) >= 11 is 9.23. The van der Waals surface area contributed by atoms with Crippen LogP contribution in [0, 0.1) is 0 Å². The third kappa shape index (κ3) is 1.25. The Hall–Kier alpha value is -0.470. The number of alkyl halides is 1. The zero-order chi connectivity index (χ0) is 8.55. The molecular formula is C9H6BrClO. The van der Waals surface area contributed by atoms with Crippen LogP contribution in [0.2, 0.25) is 5.02 Å². The second-order valence-electron chi connectivity index (χ2n) is 2.54. The van der Waals surface area contributed by atoms with Gasteiger partial charge < -0.3 is 4.42 Å². The molecule has 0 saturated carbocycles. The van der Waals surface area contributed by atoms with E-state index < -0.39 is 0 Å². The van der Waals surface area contributed by atoms with Gasteiger partial charge in [-0.1, -0.05) is 27.5 Å². The van der Waals surface area contributed by atoms with Gasteiger partial charge >= 0.3 is 0 Å². The lowest BCUT2D eigenvalue weighted by Gasteiger charge is -1.91. The minimum Gasteiger partial charge on any atom is -0.464 e. The van der Waals surface area contributed by atoms with Crippen LogP contribution >= 0.6 is 27.5 Å². The van der Waals surface area contributed by atoms with Gasteiger partial charge in [0.2, 0.25) is 0 Å². The van der Waals surface area contributed by atoms with Gasteiger partial charge in [0.05, 0.1) is 6.26 Å². The summed E-state index contributed by atoms with van der Waals surface area (Å²) in [6, 6.07) is 5.62. The normalized spacial score (nSPS) is 10.8. The highest BCUT2D eigenvalue weighted by Crippen LogP contribution is 2.25. The van der Waals surface area contributed by atoms with Crippen molar-refractivity contribution in [1.29, 1.82) is 0 Å². The first-order valence-corrected chi connectivity index (χ1v) is 5.03. The molecule has 0 unspecified atom stereocenters. The molecule has 3 heteroatoms. The van der Waals surface area contributed by atoms with Crippen LogP contribution in [-0.4, -0.2) is 0 Å². The fourth-order valence-electron chi connectivity index (χ4n) is 1.16. The summed E-state index contributed by atoms with van der Waals surface area (Å²) in [7, 11) is 0. The zero-order valence-corrected chi connectivity index (χ0v) is 8.52. The summed E-state index contributed by atoms with van der Waals surface area (Å²) in [5.74, 6) is 0. The Morgan fingerprint density at radius 1 is 1.42 bits per heavy atom. The number of halogens is 2. The summed E-state index contributed by atoms with van der Waals surface area (Å²) in [5.41, 5.74) is 2.02. The zero-order valence-electron chi connectivity index (χ0n) is 6.18. The van der Waals surface area contributed by atoms with Crippen molar-refractivity contribution in [2.24, 2.45) is 0 Å². The third-order valence-electron chi connectivity index (χ3n) is 1.76. The van der Waals surface area contributed by atoms with E-state index in [4.69, 9.17) is 16.0 Å². The Balaban J connectivity index is 2.75. The van der Waals surface area contributed by atoms with Gasteiger partial charge in [0.1, 0.15) is 5.58 Å². The molecule has 1 aromatic carbocycles. The lowest BCUT2D eigenvalue weighted by molar-refractivity contribution is 0.613. The molecule has 0 fully saturated rings. The van der Waals surface area contributed by atoms with Gasteiger partial charge in [-0.15, -0.1) is 0 Å². The molecule has 0 radical (unpaired) electrons. The van der Waals surface area contributed by atoms with Crippen LogP contribution < -0.4 is 0 Å². The summed E-state index contributed by atoms with van der Waals surface area (Å²) in [6.45, 7) is 0. The Morgan fingerprint density at radius 2 is 2.25 bits per heavy atom. The maximum atomic E-state index is 5.85. The van der Waals surface area contributed by atoms with E-state index in [0.29, 0.717) is 0 Å². The first kappa shape index (κ1) is 8.14. The van der Waals surface area contributed by atoms with Gasteiger partial charge in [0, 0.05) is 21.3 Å². The molecule has 1 heterocycles. The molecule has 0 aliphatic carbocycles. The number of benzene rings is 1. The predicted octanol–water partition coefficient (Wildman–Crippen LogP) is 3.98. The van der Waals surface area contributed by atoms with E-state index in [1.54, 1.807) is 6.26 Å². The Bertz CT molecular complexity index is 408. The van der Waals surface area contributed by atoms with E-state index in [0.717, 1.165) is 26.9 Å². The molecule has 0 spiro atoms. The van der Waals surface area contributed by atoms with Crippen LogP contribution in [0.4, 0.5) is 0 Å². The van der Waals surface area contributed by atoms with Gasteiger partial charge in [-0.3, -0.25) is 0 Å². The minimum absolute atomic E-state index is 0.742. The Kier molecular flexibility index (Phi) is 2.11. The quantitative estimate of drug-likeness (QED) is 0.693. The average Bonchev–Trinajstić information content (AvgIpc) is 2.46. The molecule has 2 rings (SSSR count). The van der Waals surface area contributed by atoms with Crippen LogP contribution in [-0.2, 0) is 5.33 Å².